The number of hydrogen-bond donors (Lipinski definition) is 2. The highest BCUT2D eigenvalue weighted by atomic mass is 79.9. The molecule has 0 spiro atoms. The number of rotatable bonds is 10. The first-order valence-corrected chi connectivity index (χ1v) is 12.5. The molecule has 9 nitrogen and oxygen atoms in total. The van der Waals surface area contributed by atoms with Crippen molar-refractivity contribution >= 4 is 39.9 Å². The normalized spacial score (nSPS) is 12.9. The van der Waals surface area contributed by atoms with Crippen molar-refractivity contribution in [3.05, 3.63) is 87.4 Å². The number of amides is 4. The molecule has 196 valence electrons. The molecule has 1 aliphatic heterocycles. The van der Waals surface area contributed by atoms with Crippen LogP contribution in [0.1, 0.15) is 23.6 Å². The fraction of sp³-hybridized carbons (Fsp3) is 0.179. The Morgan fingerprint density at radius 3 is 2.18 bits per heavy atom. The molecule has 0 saturated carbocycles. The Morgan fingerprint density at radius 2 is 1.50 bits per heavy atom. The van der Waals surface area contributed by atoms with Crippen LogP contribution in [0.5, 0.6) is 23.0 Å². The molecule has 4 rings (SSSR count). The summed E-state index contributed by atoms with van der Waals surface area (Å²) >= 11 is 3.49. The van der Waals surface area contributed by atoms with Gasteiger partial charge in [0.15, 0.2) is 23.0 Å². The van der Waals surface area contributed by atoms with Gasteiger partial charge in [-0.1, -0.05) is 36.4 Å². The molecule has 0 radical (unpaired) electrons. The Morgan fingerprint density at radius 1 is 0.789 bits per heavy atom. The third kappa shape index (κ3) is 6.51. The van der Waals surface area contributed by atoms with Gasteiger partial charge in [-0.3, -0.25) is 20.2 Å². The van der Waals surface area contributed by atoms with E-state index in [0.29, 0.717) is 46.2 Å². The second kappa shape index (κ2) is 12.3. The highest BCUT2D eigenvalue weighted by molar-refractivity contribution is 9.10. The molecule has 10 heteroatoms. The molecule has 0 atom stereocenters. The van der Waals surface area contributed by atoms with Crippen molar-refractivity contribution in [2.45, 2.75) is 20.1 Å². The standard InChI is InChI=1S/C28H25BrN2O7/c1-3-36-24-14-19(11-20-26(32)30-28(34)31-27(20)33)12-21(29)25(24)38-16-18-9-10-22(23(13-18)35-2)37-15-17-7-5-4-6-8-17/h4-14H,3,15-16H2,1-2H3,(H2,30,31,32,33,34). The zero-order chi connectivity index (χ0) is 27.1. The molecule has 2 N–H and O–H groups in total. The molecule has 0 unspecified atom stereocenters. The number of benzene rings is 3. The van der Waals surface area contributed by atoms with E-state index in [4.69, 9.17) is 18.9 Å². The zero-order valence-corrected chi connectivity index (χ0v) is 22.3. The number of ether oxygens (including phenoxy) is 4. The van der Waals surface area contributed by atoms with Crippen LogP contribution in [-0.2, 0) is 22.8 Å². The van der Waals surface area contributed by atoms with Crippen LogP contribution in [0.2, 0.25) is 0 Å². The molecule has 3 aromatic carbocycles. The van der Waals surface area contributed by atoms with Crippen molar-refractivity contribution in [2.75, 3.05) is 13.7 Å². The Bertz CT molecular complexity index is 1370. The lowest BCUT2D eigenvalue weighted by molar-refractivity contribution is -0.123. The van der Waals surface area contributed by atoms with Crippen LogP contribution in [-0.4, -0.2) is 31.6 Å². The quantitative estimate of drug-likeness (QED) is 0.262. The van der Waals surface area contributed by atoms with Crippen molar-refractivity contribution in [3.63, 3.8) is 0 Å². The highest BCUT2D eigenvalue weighted by Gasteiger charge is 2.28. The fourth-order valence-corrected chi connectivity index (χ4v) is 4.23. The van der Waals surface area contributed by atoms with Crippen LogP contribution in [0.15, 0.2) is 70.7 Å². The van der Waals surface area contributed by atoms with Crippen molar-refractivity contribution in [2.24, 2.45) is 0 Å². The van der Waals surface area contributed by atoms with E-state index in [1.54, 1.807) is 19.2 Å². The summed E-state index contributed by atoms with van der Waals surface area (Å²) in [6.45, 7) is 2.82. The summed E-state index contributed by atoms with van der Waals surface area (Å²) < 4.78 is 23.8. The van der Waals surface area contributed by atoms with E-state index in [9.17, 15) is 14.4 Å². The maximum absolute atomic E-state index is 12.1. The number of methoxy groups -OCH3 is 1. The average molecular weight is 581 g/mol. The van der Waals surface area contributed by atoms with E-state index in [-0.39, 0.29) is 12.2 Å². The van der Waals surface area contributed by atoms with E-state index in [1.165, 1.54) is 6.08 Å². The molecule has 3 aromatic rings. The third-order valence-electron chi connectivity index (χ3n) is 5.43. The average Bonchev–Trinajstić information content (AvgIpc) is 2.90. The summed E-state index contributed by atoms with van der Waals surface area (Å²) in [7, 11) is 1.58. The minimum atomic E-state index is -0.857. The molecule has 1 fully saturated rings. The maximum atomic E-state index is 12.1. The van der Waals surface area contributed by atoms with Crippen LogP contribution in [0.3, 0.4) is 0 Å². The Kier molecular flexibility index (Phi) is 8.65. The summed E-state index contributed by atoms with van der Waals surface area (Å²) in [5.41, 5.74) is 2.19. The zero-order valence-electron chi connectivity index (χ0n) is 20.7. The Labute approximate surface area is 227 Å². The van der Waals surface area contributed by atoms with Gasteiger partial charge < -0.3 is 18.9 Å². The Balaban J connectivity index is 1.51. The van der Waals surface area contributed by atoms with Gasteiger partial charge in [0.2, 0.25) is 0 Å². The SMILES string of the molecule is CCOc1cc(C=C2C(=O)NC(=O)NC2=O)cc(Br)c1OCc1ccc(OCc2ccccc2)c(OC)c1. The van der Waals surface area contributed by atoms with Crippen molar-refractivity contribution < 1.29 is 33.3 Å². The number of imide groups is 2. The van der Waals surface area contributed by atoms with Gasteiger partial charge in [-0.15, -0.1) is 0 Å². The van der Waals surface area contributed by atoms with E-state index >= 15 is 0 Å². The predicted octanol–water partition coefficient (Wildman–Crippen LogP) is 4.76. The van der Waals surface area contributed by atoms with Gasteiger partial charge in [0.05, 0.1) is 18.2 Å². The Hall–Kier alpha value is -4.31. The highest BCUT2D eigenvalue weighted by Crippen LogP contribution is 2.38. The van der Waals surface area contributed by atoms with Crippen molar-refractivity contribution in [3.8, 4) is 23.0 Å². The van der Waals surface area contributed by atoms with E-state index < -0.39 is 17.8 Å². The van der Waals surface area contributed by atoms with Gasteiger partial charge in [-0.25, -0.2) is 4.79 Å². The second-order valence-electron chi connectivity index (χ2n) is 8.11. The van der Waals surface area contributed by atoms with Crippen LogP contribution in [0, 0.1) is 0 Å². The second-order valence-corrected chi connectivity index (χ2v) is 8.96. The first-order chi connectivity index (χ1) is 18.4. The molecule has 1 aliphatic rings. The van der Waals surface area contributed by atoms with Crippen molar-refractivity contribution in [1.82, 2.24) is 10.6 Å². The molecular formula is C28H25BrN2O7. The summed E-state index contributed by atoms with van der Waals surface area (Å²) in [6.07, 6.45) is 1.37. The smallest absolute Gasteiger partial charge is 0.328 e. The number of carbonyl (C=O) groups excluding carboxylic acids is 3. The lowest BCUT2D eigenvalue weighted by Crippen LogP contribution is -2.51. The van der Waals surface area contributed by atoms with E-state index in [2.05, 4.69) is 15.9 Å². The molecule has 0 aromatic heterocycles. The number of barbiturate groups is 1. The lowest BCUT2D eigenvalue weighted by Gasteiger charge is -2.17. The largest absolute Gasteiger partial charge is 0.493 e. The number of nitrogens with one attached hydrogen (secondary N) is 2. The molecule has 38 heavy (non-hydrogen) atoms. The van der Waals surface area contributed by atoms with Crippen LogP contribution < -0.4 is 29.6 Å². The summed E-state index contributed by atoms with van der Waals surface area (Å²) in [4.78, 5) is 35.5. The van der Waals surface area contributed by atoms with Gasteiger partial charge >= 0.3 is 6.03 Å². The molecule has 0 bridgehead atoms. The maximum Gasteiger partial charge on any atom is 0.328 e. The number of hydrogen-bond acceptors (Lipinski definition) is 7. The van der Waals surface area contributed by atoms with E-state index in [1.807, 2.05) is 66.1 Å². The topological polar surface area (TPSA) is 112 Å². The summed E-state index contributed by atoms with van der Waals surface area (Å²) in [6, 6.07) is 17.9. The minimum Gasteiger partial charge on any atom is -0.493 e. The lowest BCUT2D eigenvalue weighted by atomic mass is 10.1. The molecule has 1 heterocycles. The molecule has 1 saturated heterocycles. The van der Waals surface area contributed by atoms with Gasteiger partial charge in [0.25, 0.3) is 11.8 Å². The molecule has 4 amide bonds. The first kappa shape index (κ1) is 26.7. The minimum absolute atomic E-state index is 0.200. The van der Waals surface area contributed by atoms with Gasteiger partial charge in [-0.05, 0) is 69.9 Å². The van der Waals surface area contributed by atoms with Crippen LogP contribution in [0.25, 0.3) is 6.08 Å². The number of halogens is 1. The van der Waals surface area contributed by atoms with Crippen molar-refractivity contribution in [1.29, 1.82) is 0 Å². The first-order valence-electron chi connectivity index (χ1n) is 11.7. The van der Waals surface area contributed by atoms with Gasteiger partial charge in [0.1, 0.15) is 18.8 Å². The van der Waals surface area contributed by atoms with Gasteiger partial charge in [-0.2, -0.15) is 0 Å². The number of carbonyl (C=O) groups is 3. The predicted molar refractivity (Wildman–Crippen MR) is 143 cm³/mol. The number of urea groups is 1. The van der Waals surface area contributed by atoms with E-state index in [0.717, 1.165) is 11.1 Å². The van der Waals surface area contributed by atoms with Crippen LogP contribution >= 0.6 is 15.9 Å². The summed E-state index contributed by atoms with van der Waals surface area (Å²) in [5, 5.41) is 4.10. The monoisotopic (exact) mass is 580 g/mol. The molecule has 0 aliphatic carbocycles. The van der Waals surface area contributed by atoms with Gasteiger partial charge in [0, 0.05) is 0 Å². The fourth-order valence-electron chi connectivity index (χ4n) is 3.66. The summed E-state index contributed by atoms with van der Waals surface area (Å²) in [5.74, 6) is 0.500. The molecular weight excluding hydrogens is 556 g/mol. The van der Waals surface area contributed by atoms with Crippen LogP contribution in [0.4, 0.5) is 4.79 Å². The third-order valence-corrected chi connectivity index (χ3v) is 6.02.